The van der Waals surface area contributed by atoms with Crippen LogP contribution in [0.15, 0.2) is 18.2 Å². The third-order valence-electron chi connectivity index (χ3n) is 4.11. The molecule has 0 saturated carbocycles. The van der Waals surface area contributed by atoms with Crippen LogP contribution in [0.2, 0.25) is 0 Å². The van der Waals surface area contributed by atoms with Gasteiger partial charge in [-0.15, -0.1) is 0 Å². The highest BCUT2D eigenvalue weighted by atomic mass is 16.1. The molecule has 19 heavy (non-hydrogen) atoms. The number of carbonyl (C=O) groups excluding carboxylic acids is 1. The standard InChI is InChI=1S/C17H25NO/c1-13-10-14(2)12-16(11-13)17(19)7-9-18-8-5-4-6-15(18)3/h10-12,15H,4-9H2,1-3H3. The highest BCUT2D eigenvalue weighted by Gasteiger charge is 2.19. The molecule has 1 aromatic carbocycles. The summed E-state index contributed by atoms with van der Waals surface area (Å²) in [7, 11) is 0. The number of hydrogen-bond donors (Lipinski definition) is 0. The van der Waals surface area contributed by atoms with E-state index in [1.807, 2.05) is 12.1 Å². The van der Waals surface area contributed by atoms with Crippen molar-refractivity contribution in [3.8, 4) is 0 Å². The van der Waals surface area contributed by atoms with Gasteiger partial charge in [0.05, 0.1) is 0 Å². The number of hydrogen-bond acceptors (Lipinski definition) is 2. The zero-order valence-corrected chi connectivity index (χ0v) is 12.4. The average molecular weight is 259 g/mol. The second kappa shape index (κ2) is 6.33. The minimum Gasteiger partial charge on any atom is -0.300 e. The SMILES string of the molecule is Cc1cc(C)cc(C(=O)CCN2CCCCC2C)c1. The van der Waals surface area contributed by atoms with Gasteiger partial charge in [0.2, 0.25) is 0 Å². The lowest BCUT2D eigenvalue weighted by atomic mass is 10.0. The van der Waals surface area contributed by atoms with Crippen LogP contribution in [0, 0.1) is 13.8 Å². The number of benzene rings is 1. The zero-order valence-electron chi connectivity index (χ0n) is 12.4. The topological polar surface area (TPSA) is 20.3 Å². The fourth-order valence-electron chi connectivity index (χ4n) is 3.01. The number of likely N-dealkylation sites (tertiary alicyclic amines) is 1. The molecule has 0 spiro atoms. The highest BCUT2D eigenvalue weighted by molar-refractivity contribution is 5.96. The largest absolute Gasteiger partial charge is 0.300 e. The van der Waals surface area contributed by atoms with Gasteiger partial charge < -0.3 is 4.90 Å². The van der Waals surface area contributed by atoms with E-state index in [0.29, 0.717) is 12.5 Å². The summed E-state index contributed by atoms with van der Waals surface area (Å²) in [6.45, 7) is 8.45. The molecule has 0 aliphatic carbocycles. The first-order valence-electron chi connectivity index (χ1n) is 7.42. The van der Waals surface area contributed by atoms with E-state index in [2.05, 4.69) is 31.7 Å². The third kappa shape index (κ3) is 3.90. The Morgan fingerprint density at radius 2 is 1.89 bits per heavy atom. The summed E-state index contributed by atoms with van der Waals surface area (Å²) in [6.07, 6.45) is 4.54. The molecule has 1 aliphatic heterocycles. The molecule has 2 nitrogen and oxygen atoms in total. The Hall–Kier alpha value is -1.15. The first-order valence-corrected chi connectivity index (χ1v) is 7.42. The van der Waals surface area contributed by atoms with Gasteiger partial charge in [-0.3, -0.25) is 4.79 Å². The summed E-state index contributed by atoms with van der Waals surface area (Å²) in [5.41, 5.74) is 3.23. The van der Waals surface area contributed by atoms with Crippen LogP contribution in [-0.2, 0) is 0 Å². The van der Waals surface area contributed by atoms with Crippen LogP contribution in [0.4, 0.5) is 0 Å². The monoisotopic (exact) mass is 259 g/mol. The Labute approximate surface area is 116 Å². The number of piperidine rings is 1. The van der Waals surface area contributed by atoms with Gasteiger partial charge in [-0.25, -0.2) is 0 Å². The fraction of sp³-hybridized carbons (Fsp3) is 0.588. The number of carbonyl (C=O) groups is 1. The van der Waals surface area contributed by atoms with E-state index < -0.39 is 0 Å². The van der Waals surface area contributed by atoms with Gasteiger partial charge in [0.25, 0.3) is 0 Å². The average Bonchev–Trinajstić information content (AvgIpc) is 2.36. The Morgan fingerprint density at radius 1 is 1.21 bits per heavy atom. The molecule has 1 atom stereocenters. The summed E-state index contributed by atoms with van der Waals surface area (Å²) in [5, 5.41) is 0. The van der Waals surface area contributed by atoms with Crippen LogP contribution < -0.4 is 0 Å². The Bertz CT molecular complexity index is 432. The van der Waals surface area contributed by atoms with Crippen molar-refractivity contribution in [2.75, 3.05) is 13.1 Å². The van der Waals surface area contributed by atoms with Crippen molar-refractivity contribution < 1.29 is 4.79 Å². The van der Waals surface area contributed by atoms with Crippen molar-refractivity contribution in [1.82, 2.24) is 4.90 Å². The number of rotatable bonds is 4. The number of Topliss-reactive ketones (excluding diaryl/α,β-unsaturated/α-hetero) is 1. The van der Waals surface area contributed by atoms with Crippen molar-refractivity contribution in [1.29, 1.82) is 0 Å². The van der Waals surface area contributed by atoms with Gasteiger partial charge in [-0.2, -0.15) is 0 Å². The summed E-state index contributed by atoms with van der Waals surface area (Å²) < 4.78 is 0. The lowest BCUT2D eigenvalue weighted by molar-refractivity contribution is 0.0935. The molecule has 1 unspecified atom stereocenters. The van der Waals surface area contributed by atoms with Crippen molar-refractivity contribution in [2.24, 2.45) is 0 Å². The molecule has 1 saturated heterocycles. The van der Waals surface area contributed by atoms with Crippen LogP contribution in [-0.4, -0.2) is 29.8 Å². The summed E-state index contributed by atoms with van der Waals surface area (Å²) in [5.74, 6) is 0.282. The van der Waals surface area contributed by atoms with Gasteiger partial charge in [0.1, 0.15) is 0 Å². The molecular formula is C17H25NO. The van der Waals surface area contributed by atoms with Gasteiger partial charge >= 0.3 is 0 Å². The van der Waals surface area contributed by atoms with E-state index in [-0.39, 0.29) is 5.78 Å². The van der Waals surface area contributed by atoms with Gasteiger partial charge in [0, 0.05) is 24.6 Å². The Kier molecular flexibility index (Phi) is 4.76. The highest BCUT2D eigenvalue weighted by Crippen LogP contribution is 2.17. The summed E-state index contributed by atoms with van der Waals surface area (Å²) in [6, 6.07) is 6.77. The lowest BCUT2D eigenvalue weighted by Crippen LogP contribution is -2.38. The zero-order chi connectivity index (χ0) is 13.8. The van der Waals surface area contributed by atoms with Crippen LogP contribution in [0.5, 0.6) is 0 Å². The quantitative estimate of drug-likeness (QED) is 0.768. The van der Waals surface area contributed by atoms with E-state index in [4.69, 9.17) is 0 Å². The molecule has 1 fully saturated rings. The summed E-state index contributed by atoms with van der Waals surface area (Å²) in [4.78, 5) is 14.7. The maximum Gasteiger partial charge on any atom is 0.164 e. The fourth-order valence-corrected chi connectivity index (χ4v) is 3.01. The minimum absolute atomic E-state index is 0.282. The first kappa shape index (κ1) is 14.3. The molecule has 0 aromatic heterocycles. The Balaban J connectivity index is 1.93. The number of aryl methyl sites for hydroxylation is 2. The molecule has 2 rings (SSSR count). The maximum absolute atomic E-state index is 12.3. The van der Waals surface area contributed by atoms with Gasteiger partial charge in [0.15, 0.2) is 5.78 Å². The van der Waals surface area contributed by atoms with Crippen LogP contribution in [0.1, 0.15) is 54.1 Å². The molecule has 1 aromatic rings. The van der Waals surface area contributed by atoms with E-state index in [0.717, 1.165) is 18.7 Å². The molecule has 0 N–H and O–H groups in total. The Morgan fingerprint density at radius 3 is 2.53 bits per heavy atom. The van der Waals surface area contributed by atoms with E-state index in [1.165, 1.54) is 30.4 Å². The molecule has 0 amide bonds. The molecule has 2 heteroatoms. The van der Waals surface area contributed by atoms with Gasteiger partial charge in [-0.05, 0) is 52.3 Å². The van der Waals surface area contributed by atoms with Crippen molar-refractivity contribution in [2.45, 2.75) is 52.5 Å². The predicted molar refractivity (Wildman–Crippen MR) is 79.7 cm³/mol. The van der Waals surface area contributed by atoms with Crippen LogP contribution >= 0.6 is 0 Å². The smallest absolute Gasteiger partial charge is 0.164 e. The van der Waals surface area contributed by atoms with Crippen molar-refractivity contribution >= 4 is 5.78 Å². The van der Waals surface area contributed by atoms with Crippen molar-refractivity contribution in [3.05, 3.63) is 34.9 Å². The minimum atomic E-state index is 0.282. The third-order valence-corrected chi connectivity index (χ3v) is 4.11. The molecular weight excluding hydrogens is 234 g/mol. The van der Waals surface area contributed by atoms with Gasteiger partial charge in [-0.1, -0.05) is 23.6 Å². The van der Waals surface area contributed by atoms with E-state index >= 15 is 0 Å². The second-order valence-corrected chi connectivity index (χ2v) is 5.93. The molecule has 104 valence electrons. The lowest BCUT2D eigenvalue weighted by Gasteiger charge is -2.33. The van der Waals surface area contributed by atoms with Crippen LogP contribution in [0.25, 0.3) is 0 Å². The number of ketones is 1. The maximum atomic E-state index is 12.3. The predicted octanol–water partition coefficient (Wildman–Crippen LogP) is 3.75. The summed E-state index contributed by atoms with van der Waals surface area (Å²) >= 11 is 0. The molecule has 0 bridgehead atoms. The normalized spacial score (nSPS) is 20.5. The van der Waals surface area contributed by atoms with Crippen LogP contribution in [0.3, 0.4) is 0 Å². The first-order chi connectivity index (χ1) is 9.06. The van der Waals surface area contributed by atoms with Crippen molar-refractivity contribution in [3.63, 3.8) is 0 Å². The molecule has 1 aliphatic rings. The second-order valence-electron chi connectivity index (χ2n) is 5.93. The van der Waals surface area contributed by atoms with E-state index in [1.54, 1.807) is 0 Å². The molecule has 1 heterocycles. The number of nitrogens with zero attached hydrogens (tertiary/aromatic N) is 1. The van der Waals surface area contributed by atoms with E-state index in [9.17, 15) is 4.79 Å². The molecule has 0 radical (unpaired) electrons.